The van der Waals surface area contributed by atoms with Gasteiger partial charge < -0.3 is 20.4 Å². The van der Waals surface area contributed by atoms with Gasteiger partial charge in [-0.25, -0.2) is 8.78 Å². The van der Waals surface area contributed by atoms with Crippen LogP contribution in [0.15, 0.2) is 11.6 Å². The molecular weight excluding hydrogens is 386 g/mol. The van der Waals surface area contributed by atoms with E-state index in [1.807, 2.05) is 0 Å². The molecule has 0 bridgehead atoms. The van der Waals surface area contributed by atoms with Gasteiger partial charge in [0.25, 0.3) is 0 Å². The zero-order valence-electron chi connectivity index (χ0n) is 16.6. The molecule has 0 saturated heterocycles. The minimum atomic E-state index is -2.35. The summed E-state index contributed by atoms with van der Waals surface area (Å²) in [6, 6.07) is 0. The van der Waals surface area contributed by atoms with Crippen LogP contribution in [0.4, 0.5) is 8.78 Å². The number of hydrogen-bond acceptors (Lipinski definition) is 6. The molecule has 0 aromatic carbocycles. The highest BCUT2D eigenvalue weighted by Gasteiger charge is 2.77. The fourth-order valence-corrected chi connectivity index (χ4v) is 7.20. The molecule has 9 atom stereocenters. The van der Waals surface area contributed by atoms with Crippen LogP contribution in [-0.4, -0.2) is 68.2 Å². The summed E-state index contributed by atoms with van der Waals surface area (Å²) in [5.74, 6) is -3.09. The summed E-state index contributed by atoms with van der Waals surface area (Å²) in [5, 5.41) is 42.1. The zero-order chi connectivity index (χ0) is 21.6. The molecule has 0 aromatic rings. The molecule has 0 aromatic heterocycles. The van der Waals surface area contributed by atoms with Crippen LogP contribution in [0.2, 0.25) is 0 Å². The second kappa shape index (κ2) is 6.15. The summed E-state index contributed by atoms with van der Waals surface area (Å²) in [7, 11) is 0. The number of carbonyl (C=O) groups is 2. The first-order chi connectivity index (χ1) is 13.4. The predicted molar refractivity (Wildman–Crippen MR) is 97.2 cm³/mol. The number of aliphatic hydroxyl groups excluding tert-OH is 3. The lowest BCUT2D eigenvalue weighted by Gasteiger charge is -2.63. The maximum Gasteiger partial charge on any atom is 0.192 e. The van der Waals surface area contributed by atoms with Gasteiger partial charge in [-0.15, -0.1) is 0 Å². The second-order valence-corrected chi connectivity index (χ2v) is 9.82. The number of carbonyl (C=O) groups excluding carboxylic acids is 2. The molecule has 0 unspecified atom stereocenters. The minimum Gasteiger partial charge on any atom is -0.390 e. The first kappa shape index (κ1) is 21.0. The van der Waals surface area contributed by atoms with Crippen molar-refractivity contribution in [3.8, 4) is 0 Å². The predicted octanol–water partition coefficient (Wildman–Crippen LogP) is 0.792. The van der Waals surface area contributed by atoms with E-state index in [4.69, 9.17) is 0 Å². The van der Waals surface area contributed by atoms with E-state index in [2.05, 4.69) is 0 Å². The molecule has 0 aliphatic heterocycles. The molecule has 0 radical (unpaired) electrons. The molecule has 4 aliphatic rings. The standard InChI is InChI=1S/C21H28F2O6/c1-18-4-3-10(25)5-13(18)14(22)6-12-11-7-15(26)21(29,17(28)9-24)19(11,2)8-16(27)20(12,18)23/h5,11-12,14-16,24,26-27,29H,3-4,6-9H2,1-2H3/t11-,12-,14-,15+,16-,18-,19-,20-,21-/m0/s1. The van der Waals surface area contributed by atoms with E-state index in [1.54, 1.807) is 0 Å². The van der Waals surface area contributed by atoms with E-state index >= 15 is 8.78 Å². The molecule has 3 saturated carbocycles. The molecule has 0 amide bonds. The lowest BCUT2D eigenvalue weighted by molar-refractivity contribution is -0.235. The third-order valence-corrected chi connectivity index (χ3v) is 8.81. The summed E-state index contributed by atoms with van der Waals surface area (Å²) in [6.07, 6.45) is -4.26. The Morgan fingerprint density at radius 2 is 1.86 bits per heavy atom. The summed E-state index contributed by atoms with van der Waals surface area (Å²) >= 11 is 0. The highest BCUT2D eigenvalue weighted by atomic mass is 19.1. The van der Waals surface area contributed by atoms with Gasteiger partial charge in [0.05, 0.1) is 12.2 Å². The van der Waals surface area contributed by atoms with Gasteiger partial charge in [0.1, 0.15) is 18.4 Å². The molecule has 4 rings (SSSR count). The normalized spacial score (nSPS) is 54.3. The number of allylic oxidation sites excluding steroid dienone is 1. The number of rotatable bonds is 2. The molecule has 162 valence electrons. The maximum absolute atomic E-state index is 16.8. The zero-order valence-corrected chi connectivity index (χ0v) is 16.6. The van der Waals surface area contributed by atoms with Crippen molar-refractivity contribution in [1.82, 2.24) is 0 Å². The summed E-state index contributed by atoms with van der Waals surface area (Å²) in [4.78, 5) is 24.3. The van der Waals surface area contributed by atoms with E-state index in [9.17, 15) is 30.0 Å². The topological polar surface area (TPSA) is 115 Å². The van der Waals surface area contributed by atoms with Gasteiger partial charge in [-0.2, -0.15) is 0 Å². The monoisotopic (exact) mass is 414 g/mol. The Morgan fingerprint density at radius 3 is 2.48 bits per heavy atom. The summed E-state index contributed by atoms with van der Waals surface area (Å²) < 4.78 is 32.0. The molecule has 0 spiro atoms. The first-order valence-corrected chi connectivity index (χ1v) is 10.2. The summed E-state index contributed by atoms with van der Waals surface area (Å²) in [6.45, 7) is 2.03. The largest absolute Gasteiger partial charge is 0.390 e. The average Bonchev–Trinajstić information content (AvgIpc) is 2.86. The van der Waals surface area contributed by atoms with Crippen molar-refractivity contribution in [2.75, 3.05) is 6.61 Å². The number of ketones is 2. The summed E-state index contributed by atoms with van der Waals surface area (Å²) in [5.41, 5.74) is -7.36. The van der Waals surface area contributed by atoms with E-state index < -0.39 is 64.7 Å². The SMILES string of the molecule is C[C@]12CCC(=O)C=C1[C@@H](F)C[C@H]1[C@@H]3C[C@@H](O)[C@](O)(C(=O)CO)[C@@]3(C)C[C@H](O)[C@@]12F. The van der Waals surface area contributed by atoms with Gasteiger partial charge in [-0.1, -0.05) is 13.8 Å². The third kappa shape index (κ3) is 2.23. The number of alkyl halides is 2. The van der Waals surface area contributed by atoms with E-state index in [-0.39, 0.29) is 43.5 Å². The van der Waals surface area contributed by atoms with Gasteiger partial charge >= 0.3 is 0 Å². The van der Waals surface area contributed by atoms with Crippen molar-refractivity contribution in [2.24, 2.45) is 22.7 Å². The van der Waals surface area contributed by atoms with Crippen LogP contribution in [0.1, 0.15) is 46.0 Å². The lowest BCUT2D eigenvalue weighted by Crippen LogP contribution is -2.71. The highest BCUT2D eigenvalue weighted by molar-refractivity contribution is 5.92. The van der Waals surface area contributed by atoms with Gasteiger partial charge in [0.2, 0.25) is 0 Å². The fraction of sp³-hybridized carbons (Fsp3) is 0.810. The van der Waals surface area contributed by atoms with Crippen molar-refractivity contribution in [2.45, 2.75) is 75.6 Å². The van der Waals surface area contributed by atoms with E-state index in [0.29, 0.717) is 0 Å². The van der Waals surface area contributed by atoms with E-state index in [0.717, 1.165) is 0 Å². The third-order valence-electron chi connectivity index (χ3n) is 8.81. The van der Waals surface area contributed by atoms with E-state index in [1.165, 1.54) is 19.9 Å². The molecule has 29 heavy (non-hydrogen) atoms. The van der Waals surface area contributed by atoms with Crippen LogP contribution in [0.3, 0.4) is 0 Å². The molecular formula is C21H28F2O6. The lowest BCUT2D eigenvalue weighted by atomic mass is 9.43. The van der Waals surface area contributed by atoms with Crippen LogP contribution in [0, 0.1) is 22.7 Å². The van der Waals surface area contributed by atoms with Crippen molar-refractivity contribution in [3.63, 3.8) is 0 Å². The number of aliphatic hydroxyl groups is 4. The molecule has 4 N–H and O–H groups in total. The minimum absolute atomic E-state index is 0.0509. The Bertz CT molecular complexity index is 800. The highest BCUT2D eigenvalue weighted by Crippen LogP contribution is 2.70. The number of halogens is 2. The smallest absolute Gasteiger partial charge is 0.192 e. The van der Waals surface area contributed by atoms with Gasteiger partial charge in [-0.05, 0) is 43.3 Å². The van der Waals surface area contributed by atoms with Crippen LogP contribution in [0.5, 0.6) is 0 Å². The molecule has 6 nitrogen and oxygen atoms in total. The Morgan fingerprint density at radius 1 is 1.21 bits per heavy atom. The number of Topliss-reactive ketones (excluding diaryl/α,β-unsaturated/α-hetero) is 1. The van der Waals surface area contributed by atoms with Crippen LogP contribution >= 0.6 is 0 Å². The number of fused-ring (bicyclic) bond motifs is 5. The molecule has 3 fully saturated rings. The Hall–Kier alpha value is -1.22. The maximum atomic E-state index is 16.8. The van der Waals surface area contributed by atoms with Gasteiger partial charge in [-0.3, -0.25) is 9.59 Å². The van der Waals surface area contributed by atoms with Gasteiger partial charge in [0, 0.05) is 23.2 Å². The van der Waals surface area contributed by atoms with Crippen LogP contribution in [-0.2, 0) is 9.59 Å². The first-order valence-electron chi connectivity index (χ1n) is 10.2. The Kier molecular flexibility index (Phi) is 4.46. The molecule has 4 aliphatic carbocycles. The average molecular weight is 414 g/mol. The van der Waals surface area contributed by atoms with Crippen LogP contribution in [0.25, 0.3) is 0 Å². The van der Waals surface area contributed by atoms with Crippen molar-refractivity contribution in [1.29, 1.82) is 0 Å². The molecule has 8 heteroatoms. The number of hydrogen-bond donors (Lipinski definition) is 4. The van der Waals surface area contributed by atoms with Crippen LogP contribution < -0.4 is 0 Å². The van der Waals surface area contributed by atoms with Crippen molar-refractivity contribution in [3.05, 3.63) is 11.6 Å². The van der Waals surface area contributed by atoms with Crippen molar-refractivity contribution >= 4 is 11.6 Å². The Labute approximate surface area is 167 Å². The quantitative estimate of drug-likeness (QED) is 0.531. The van der Waals surface area contributed by atoms with Gasteiger partial charge in [0.15, 0.2) is 17.2 Å². The fourth-order valence-electron chi connectivity index (χ4n) is 7.20. The second-order valence-electron chi connectivity index (χ2n) is 9.82. The van der Waals surface area contributed by atoms with Crippen molar-refractivity contribution < 1.29 is 38.8 Å². The molecule has 0 heterocycles. The Balaban J connectivity index is 1.86.